The van der Waals surface area contributed by atoms with Crippen LogP contribution in [-0.4, -0.2) is 72.7 Å². The normalized spacial score (nSPS) is 15.8. The Morgan fingerprint density at radius 3 is 2.00 bits per heavy atom. The van der Waals surface area contributed by atoms with Crippen LogP contribution in [0, 0.1) is 0 Å². The number of rotatable bonds is 20. The highest BCUT2D eigenvalue weighted by Crippen LogP contribution is 2.36. The fourth-order valence-corrected chi connectivity index (χ4v) is 7.20. The van der Waals surface area contributed by atoms with E-state index in [-0.39, 0.29) is 18.6 Å². The molecule has 4 aromatic rings. The minimum atomic E-state index is -0.959. The molecule has 2 N–H and O–H groups in total. The lowest BCUT2D eigenvalue weighted by Gasteiger charge is -2.27. The van der Waals surface area contributed by atoms with E-state index < -0.39 is 29.7 Å². The Kier molecular flexibility index (Phi) is 14.2. The van der Waals surface area contributed by atoms with Gasteiger partial charge in [0.1, 0.15) is 17.5 Å². The van der Waals surface area contributed by atoms with Crippen molar-refractivity contribution in [2.75, 3.05) is 33.0 Å². The third-order valence-corrected chi connectivity index (χ3v) is 10.1. The molecule has 0 saturated carbocycles. The summed E-state index contributed by atoms with van der Waals surface area (Å²) in [5.74, 6) is -0.902. The number of phenols is 1. The number of piperidine rings is 1. The fraction of sp³-hybridized carbons (Fsp3) is 0.348. The maximum atomic E-state index is 13.1. The molecule has 6 rings (SSSR count). The number of phenolic OH excluding ortho intramolecular Hbond substituents is 1. The summed E-state index contributed by atoms with van der Waals surface area (Å²) in [6, 6.07) is 30.3. The van der Waals surface area contributed by atoms with Gasteiger partial charge in [0, 0.05) is 32.8 Å². The second-order valence-electron chi connectivity index (χ2n) is 14.1. The molecule has 0 spiro atoms. The molecule has 1 unspecified atom stereocenters. The van der Waals surface area contributed by atoms with Crippen LogP contribution in [0.1, 0.15) is 101 Å². The molecule has 4 aromatic carbocycles. The van der Waals surface area contributed by atoms with Crippen LogP contribution < -0.4 is 10.1 Å². The van der Waals surface area contributed by atoms with E-state index in [1.54, 1.807) is 24.3 Å². The Balaban J connectivity index is 0.827. The fourth-order valence-electron chi connectivity index (χ4n) is 7.20. The second kappa shape index (κ2) is 19.8. The van der Waals surface area contributed by atoms with E-state index in [1.165, 1.54) is 11.1 Å². The molecular formula is C46H50N2O8. The largest absolute Gasteiger partial charge is 0.508 e. The van der Waals surface area contributed by atoms with Crippen molar-refractivity contribution in [3.05, 3.63) is 130 Å². The number of hydrogen-bond donors (Lipinski definition) is 2. The summed E-state index contributed by atoms with van der Waals surface area (Å²) in [6.07, 6.45) is 6.17. The van der Waals surface area contributed by atoms with Gasteiger partial charge in [-0.3, -0.25) is 29.4 Å². The van der Waals surface area contributed by atoms with Gasteiger partial charge in [-0.15, -0.1) is 0 Å². The van der Waals surface area contributed by atoms with Crippen molar-refractivity contribution in [2.45, 2.75) is 70.8 Å². The van der Waals surface area contributed by atoms with Crippen molar-refractivity contribution >= 4 is 34.8 Å². The Morgan fingerprint density at radius 1 is 0.696 bits per heavy atom. The van der Waals surface area contributed by atoms with Crippen LogP contribution in [0.2, 0.25) is 0 Å². The number of aryl methyl sites for hydroxylation is 1. The molecule has 0 radical (unpaired) electrons. The summed E-state index contributed by atoms with van der Waals surface area (Å²) in [5, 5.41) is 12.1. The predicted molar refractivity (Wildman–Crippen MR) is 214 cm³/mol. The summed E-state index contributed by atoms with van der Waals surface area (Å²) in [4.78, 5) is 50.7. The Labute approximate surface area is 328 Å². The summed E-state index contributed by atoms with van der Waals surface area (Å²) < 4.78 is 17.6. The molecule has 2 heterocycles. The lowest BCUT2D eigenvalue weighted by Crippen LogP contribution is -2.54. The van der Waals surface area contributed by atoms with Gasteiger partial charge >= 0.3 is 0 Å². The van der Waals surface area contributed by atoms with Gasteiger partial charge < -0.3 is 19.3 Å². The summed E-state index contributed by atoms with van der Waals surface area (Å²) >= 11 is 0. The van der Waals surface area contributed by atoms with E-state index >= 15 is 0 Å². The molecule has 0 aliphatic carbocycles. The van der Waals surface area contributed by atoms with Crippen LogP contribution in [0.5, 0.6) is 11.5 Å². The third-order valence-electron chi connectivity index (χ3n) is 10.1. The molecule has 10 heteroatoms. The Morgan fingerprint density at radius 2 is 1.32 bits per heavy atom. The number of unbranched alkanes of at least 4 members (excludes halogenated alkanes) is 2. The number of benzene rings is 4. The minimum Gasteiger partial charge on any atom is -0.508 e. The van der Waals surface area contributed by atoms with Crippen molar-refractivity contribution in [3.63, 3.8) is 0 Å². The van der Waals surface area contributed by atoms with Gasteiger partial charge in [0.2, 0.25) is 11.8 Å². The maximum absolute atomic E-state index is 13.1. The molecule has 292 valence electrons. The van der Waals surface area contributed by atoms with E-state index in [4.69, 9.17) is 14.2 Å². The first-order chi connectivity index (χ1) is 27.3. The van der Waals surface area contributed by atoms with Crippen LogP contribution in [0.25, 0.3) is 11.1 Å². The third kappa shape index (κ3) is 10.2. The number of fused-ring (bicyclic) bond motifs is 1. The first kappa shape index (κ1) is 40.1. The molecule has 1 saturated heterocycles. The van der Waals surface area contributed by atoms with Gasteiger partial charge in [-0.2, -0.15) is 0 Å². The average Bonchev–Trinajstić information content (AvgIpc) is 3.46. The number of hydrogen-bond acceptors (Lipinski definition) is 8. The number of nitrogens with one attached hydrogen (secondary N) is 1. The number of imide groups is 2. The van der Waals surface area contributed by atoms with E-state index in [2.05, 4.69) is 48.6 Å². The van der Waals surface area contributed by atoms with Crippen molar-refractivity contribution in [1.29, 1.82) is 0 Å². The standard InChI is InChI=1S/C46H50N2O8/c1-2-38(33-12-4-3-5-13-33)43(34-15-19-36(49)20-16-34)35-17-21-37(22-18-35)56-30-9-8-27-55-29-10-28-54-26-7-6-11-32-14-23-39-40(31-32)46(53)48(45(39)52)41-24-25-42(50)47-44(41)51/h3-5,12-23,31,41,49H,2,6-11,24-30H2,1H3,(H,47,50,51)/b43-38-. The van der Waals surface area contributed by atoms with Gasteiger partial charge in [0.05, 0.1) is 17.7 Å². The van der Waals surface area contributed by atoms with Gasteiger partial charge in [-0.05, 0) is 121 Å². The van der Waals surface area contributed by atoms with Crippen molar-refractivity contribution in [2.24, 2.45) is 0 Å². The molecule has 0 bridgehead atoms. The van der Waals surface area contributed by atoms with Gasteiger partial charge in [0.25, 0.3) is 11.8 Å². The molecule has 4 amide bonds. The van der Waals surface area contributed by atoms with Crippen LogP contribution >= 0.6 is 0 Å². The number of carbonyl (C=O) groups is 4. The number of carbonyl (C=O) groups excluding carboxylic acids is 4. The van der Waals surface area contributed by atoms with Crippen molar-refractivity contribution in [1.82, 2.24) is 10.2 Å². The Hall–Kier alpha value is -5.58. The quantitative estimate of drug-likeness (QED) is 0.0531. The zero-order chi connectivity index (χ0) is 39.3. The maximum Gasteiger partial charge on any atom is 0.262 e. The monoisotopic (exact) mass is 758 g/mol. The Bertz CT molecular complexity index is 2010. The number of nitrogens with zero attached hydrogens (tertiary/aromatic N) is 1. The first-order valence-electron chi connectivity index (χ1n) is 19.6. The highest BCUT2D eigenvalue weighted by atomic mass is 16.5. The summed E-state index contributed by atoms with van der Waals surface area (Å²) in [7, 11) is 0. The lowest BCUT2D eigenvalue weighted by molar-refractivity contribution is -0.136. The number of ether oxygens (including phenoxy) is 3. The van der Waals surface area contributed by atoms with E-state index in [0.717, 1.165) is 77.9 Å². The van der Waals surface area contributed by atoms with Crippen LogP contribution in [0.4, 0.5) is 0 Å². The van der Waals surface area contributed by atoms with Crippen molar-refractivity contribution < 1.29 is 38.5 Å². The SMILES string of the molecule is CC/C(=C(\c1ccc(O)cc1)c1ccc(OCCCCOCCCOCCCCc2ccc3c(c2)C(=O)N(C2CCC(=O)NC2=O)C3=O)cc1)c1ccccc1. The van der Waals surface area contributed by atoms with E-state index in [9.17, 15) is 24.3 Å². The molecule has 1 atom stereocenters. The molecule has 0 aromatic heterocycles. The summed E-state index contributed by atoms with van der Waals surface area (Å²) in [5.41, 5.74) is 7.26. The van der Waals surface area contributed by atoms with Gasteiger partial charge in [-0.1, -0.05) is 67.6 Å². The zero-order valence-corrected chi connectivity index (χ0v) is 32.0. The average molecular weight is 759 g/mol. The van der Waals surface area contributed by atoms with Crippen LogP contribution in [-0.2, 0) is 25.5 Å². The predicted octanol–water partition coefficient (Wildman–Crippen LogP) is 7.77. The molecular weight excluding hydrogens is 709 g/mol. The zero-order valence-electron chi connectivity index (χ0n) is 32.0. The highest BCUT2D eigenvalue weighted by molar-refractivity contribution is 6.23. The highest BCUT2D eigenvalue weighted by Gasteiger charge is 2.44. The van der Waals surface area contributed by atoms with E-state index in [1.807, 2.05) is 36.4 Å². The smallest absolute Gasteiger partial charge is 0.262 e. The topological polar surface area (TPSA) is 131 Å². The van der Waals surface area contributed by atoms with Gasteiger partial charge in [-0.25, -0.2) is 0 Å². The lowest BCUT2D eigenvalue weighted by atomic mass is 9.88. The first-order valence-corrected chi connectivity index (χ1v) is 19.6. The minimum absolute atomic E-state index is 0.0963. The van der Waals surface area contributed by atoms with Crippen LogP contribution in [0.15, 0.2) is 97.1 Å². The molecule has 1 fully saturated rings. The van der Waals surface area contributed by atoms with Gasteiger partial charge in [0.15, 0.2) is 0 Å². The number of aromatic hydroxyl groups is 1. The molecule has 2 aliphatic heterocycles. The molecule has 10 nitrogen and oxygen atoms in total. The second-order valence-corrected chi connectivity index (χ2v) is 14.1. The van der Waals surface area contributed by atoms with E-state index in [0.29, 0.717) is 44.2 Å². The summed E-state index contributed by atoms with van der Waals surface area (Å²) in [6.45, 7) is 5.34. The molecule has 2 aliphatic rings. The number of amides is 4. The van der Waals surface area contributed by atoms with Crippen LogP contribution in [0.3, 0.4) is 0 Å². The molecule has 56 heavy (non-hydrogen) atoms. The number of allylic oxidation sites excluding steroid dienone is 1. The van der Waals surface area contributed by atoms with Crippen molar-refractivity contribution in [3.8, 4) is 11.5 Å².